The zero-order chi connectivity index (χ0) is 16.4. The number of carbonyl (C=O) groups excluding carboxylic acids is 1. The van der Waals surface area contributed by atoms with Crippen LogP contribution >= 0.6 is 0 Å². The summed E-state index contributed by atoms with van der Waals surface area (Å²) in [5.74, 6) is -1.84. The fraction of sp³-hybridized carbons (Fsp3) is 0.429. The van der Waals surface area contributed by atoms with Gasteiger partial charge in [0.05, 0.1) is 10.8 Å². The van der Waals surface area contributed by atoms with Gasteiger partial charge < -0.3 is 15.7 Å². The molecule has 0 spiro atoms. The molecule has 2 unspecified atom stereocenters. The van der Waals surface area contributed by atoms with Gasteiger partial charge in [-0.2, -0.15) is 0 Å². The lowest BCUT2D eigenvalue weighted by Gasteiger charge is -2.35. The van der Waals surface area contributed by atoms with Gasteiger partial charge in [0.15, 0.2) is 0 Å². The fourth-order valence-corrected chi connectivity index (χ4v) is 2.71. The maximum absolute atomic E-state index is 12.4. The van der Waals surface area contributed by atoms with Crippen LogP contribution in [0.15, 0.2) is 18.2 Å². The van der Waals surface area contributed by atoms with Crippen molar-refractivity contribution >= 4 is 23.3 Å². The van der Waals surface area contributed by atoms with Crippen molar-refractivity contribution < 1.29 is 19.6 Å². The molecule has 1 aliphatic heterocycles. The van der Waals surface area contributed by atoms with Crippen LogP contribution in [-0.4, -0.2) is 39.9 Å². The molecule has 0 radical (unpaired) electrons. The molecule has 1 saturated heterocycles. The number of carbonyl (C=O) groups is 2. The lowest BCUT2D eigenvalue weighted by molar-refractivity contribution is -0.383. The summed E-state index contributed by atoms with van der Waals surface area (Å²) in [6.45, 7) is 2.41. The van der Waals surface area contributed by atoms with E-state index in [1.807, 2.05) is 0 Å². The van der Waals surface area contributed by atoms with Crippen molar-refractivity contribution in [1.29, 1.82) is 0 Å². The summed E-state index contributed by atoms with van der Waals surface area (Å²) in [5.41, 5.74) is 5.39. The molecule has 2 atom stereocenters. The molecule has 1 aromatic carbocycles. The highest BCUT2D eigenvalue weighted by atomic mass is 16.6. The van der Waals surface area contributed by atoms with Crippen LogP contribution < -0.4 is 5.73 Å². The number of benzene rings is 1. The van der Waals surface area contributed by atoms with Crippen molar-refractivity contribution in [2.24, 2.45) is 11.8 Å². The molecule has 118 valence electrons. The molecule has 8 nitrogen and oxygen atoms in total. The van der Waals surface area contributed by atoms with Gasteiger partial charge in [-0.1, -0.05) is 6.92 Å². The third-order valence-corrected chi connectivity index (χ3v) is 3.98. The minimum atomic E-state index is -0.859. The number of carboxylic acids is 1. The molecule has 1 fully saturated rings. The van der Waals surface area contributed by atoms with Crippen molar-refractivity contribution in [3.63, 3.8) is 0 Å². The highest BCUT2D eigenvalue weighted by molar-refractivity contribution is 5.95. The highest BCUT2D eigenvalue weighted by Crippen LogP contribution is 2.27. The Morgan fingerprint density at radius 1 is 1.45 bits per heavy atom. The second-order valence-corrected chi connectivity index (χ2v) is 5.49. The predicted molar refractivity (Wildman–Crippen MR) is 78.3 cm³/mol. The Labute approximate surface area is 126 Å². The van der Waals surface area contributed by atoms with Crippen molar-refractivity contribution in [2.75, 3.05) is 18.8 Å². The molecule has 22 heavy (non-hydrogen) atoms. The quantitative estimate of drug-likeness (QED) is 0.493. The number of rotatable bonds is 3. The lowest BCUT2D eigenvalue weighted by atomic mass is 9.87. The maximum atomic E-state index is 12.4. The van der Waals surface area contributed by atoms with Crippen molar-refractivity contribution in [3.05, 3.63) is 33.9 Å². The minimum absolute atomic E-state index is 0.000460. The molecule has 1 amide bonds. The summed E-state index contributed by atoms with van der Waals surface area (Å²) in [6, 6.07) is 3.93. The van der Waals surface area contributed by atoms with Crippen molar-refractivity contribution in [3.8, 4) is 0 Å². The van der Waals surface area contributed by atoms with E-state index in [0.717, 1.165) is 6.07 Å². The number of anilines is 1. The first kappa shape index (κ1) is 15.7. The number of aliphatic carboxylic acids is 1. The van der Waals surface area contributed by atoms with Crippen molar-refractivity contribution in [1.82, 2.24) is 4.90 Å². The van der Waals surface area contributed by atoms with Crippen LogP contribution in [0.2, 0.25) is 0 Å². The van der Waals surface area contributed by atoms with E-state index in [-0.39, 0.29) is 28.8 Å². The summed E-state index contributed by atoms with van der Waals surface area (Å²) < 4.78 is 0. The van der Waals surface area contributed by atoms with Crippen molar-refractivity contribution in [2.45, 2.75) is 13.3 Å². The van der Waals surface area contributed by atoms with Crippen LogP contribution in [0, 0.1) is 22.0 Å². The summed E-state index contributed by atoms with van der Waals surface area (Å²) in [6.07, 6.45) is 0.374. The van der Waals surface area contributed by atoms with E-state index in [9.17, 15) is 19.7 Å². The van der Waals surface area contributed by atoms with Crippen LogP contribution in [0.1, 0.15) is 23.7 Å². The number of piperidine rings is 1. The van der Waals surface area contributed by atoms with Crippen LogP contribution in [0.4, 0.5) is 11.4 Å². The smallest absolute Gasteiger partial charge is 0.306 e. The first-order chi connectivity index (χ1) is 10.3. The van der Waals surface area contributed by atoms with E-state index in [4.69, 9.17) is 10.8 Å². The first-order valence-corrected chi connectivity index (χ1v) is 6.87. The average molecular weight is 307 g/mol. The van der Waals surface area contributed by atoms with Gasteiger partial charge in [0.1, 0.15) is 5.69 Å². The van der Waals surface area contributed by atoms with Gasteiger partial charge in [0.2, 0.25) is 0 Å². The van der Waals surface area contributed by atoms with E-state index in [1.54, 1.807) is 6.92 Å². The first-order valence-electron chi connectivity index (χ1n) is 6.87. The number of amides is 1. The number of hydrogen-bond donors (Lipinski definition) is 2. The monoisotopic (exact) mass is 307 g/mol. The molecule has 8 heteroatoms. The predicted octanol–water partition coefficient (Wildman–Crippen LogP) is 1.36. The Balaban J connectivity index is 2.18. The van der Waals surface area contributed by atoms with E-state index < -0.39 is 16.8 Å². The molecule has 2 rings (SSSR count). The maximum Gasteiger partial charge on any atom is 0.306 e. The fourth-order valence-electron chi connectivity index (χ4n) is 2.71. The Hall–Kier alpha value is -2.64. The zero-order valence-electron chi connectivity index (χ0n) is 12.1. The van der Waals surface area contributed by atoms with Crippen LogP contribution in [0.3, 0.4) is 0 Å². The molecule has 3 N–H and O–H groups in total. The number of likely N-dealkylation sites (tertiary alicyclic amines) is 1. The Bertz CT molecular complexity index is 631. The molecule has 0 bridgehead atoms. The number of nitrogen functional groups attached to an aromatic ring is 1. The van der Waals surface area contributed by atoms with E-state index in [1.165, 1.54) is 17.0 Å². The number of nitro benzene ring substituents is 1. The molecule has 0 saturated carbocycles. The zero-order valence-corrected chi connectivity index (χ0v) is 12.1. The van der Waals surface area contributed by atoms with Crippen LogP contribution in [0.25, 0.3) is 0 Å². The second kappa shape index (κ2) is 6.00. The average Bonchev–Trinajstić information content (AvgIpc) is 2.46. The molecule has 1 aromatic rings. The standard InChI is InChI=1S/C14H17N3O5/c1-8-7-16(5-4-10(8)14(19)20)13(18)9-2-3-11(15)12(6-9)17(21)22/h2-3,6,8,10H,4-5,7,15H2,1H3,(H,19,20). The van der Waals surface area contributed by atoms with Gasteiger partial charge in [0, 0.05) is 24.7 Å². The highest BCUT2D eigenvalue weighted by Gasteiger charge is 2.33. The number of carboxylic acid groups (broad SMARTS) is 1. The topological polar surface area (TPSA) is 127 Å². The van der Waals surface area contributed by atoms with Crippen LogP contribution in [0.5, 0.6) is 0 Å². The molecular weight excluding hydrogens is 290 g/mol. The molecule has 0 aromatic heterocycles. The van der Waals surface area contributed by atoms with E-state index >= 15 is 0 Å². The Morgan fingerprint density at radius 2 is 2.14 bits per heavy atom. The summed E-state index contributed by atoms with van der Waals surface area (Å²) in [4.78, 5) is 35.3. The van der Waals surface area contributed by atoms with Gasteiger partial charge in [-0.25, -0.2) is 0 Å². The lowest BCUT2D eigenvalue weighted by Crippen LogP contribution is -2.45. The summed E-state index contributed by atoms with van der Waals surface area (Å²) >= 11 is 0. The summed E-state index contributed by atoms with van der Waals surface area (Å²) in [5, 5.41) is 20.0. The largest absolute Gasteiger partial charge is 0.481 e. The molecule has 1 aliphatic rings. The van der Waals surface area contributed by atoms with Gasteiger partial charge in [0.25, 0.3) is 11.6 Å². The van der Waals surface area contributed by atoms with Gasteiger partial charge in [-0.15, -0.1) is 0 Å². The minimum Gasteiger partial charge on any atom is -0.481 e. The second-order valence-electron chi connectivity index (χ2n) is 5.49. The third-order valence-electron chi connectivity index (χ3n) is 3.98. The Kier molecular flexibility index (Phi) is 4.30. The van der Waals surface area contributed by atoms with Gasteiger partial charge in [-0.05, 0) is 24.5 Å². The van der Waals surface area contributed by atoms with E-state index in [2.05, 4.69) is 0 Å². The van der Waals surface area contributed by atoms with Gasteiger partial charge >= 0.3 is 5.97 Å². The van der Waals surface area contributed by atoms with Crippen LogP contribution in [-0.2, 0) is 4.79 Å². The molecule has 1 heterocycles. The SMILES string of the molecule is CC1CN(C(=O)c2ccc(N)c([N+](=O)[O-])c2)CCC1C(=O)O. The normalized spacial score (nSPS) is 21.4. The van der Waals surface area contributed by atoms with Gasteiger partial charge in [-0.3, -0.25) is 19.7 Å². The number of nitrogens with zero attached hydrogens (tertiary/aromatic N) is 2. The number of nitro groups is 1. The molecular formula is C14H17N3O5. The van der Waals surface area contributed by atoms with E-state index in [0.29, 0.717) is 19.5 Å². The molecule has 0 aliphatic carbocycles. The number of hydrogen-bond acceptors (Lipinski definition) is 5. The summed E-state index contributed by atoms with van der Waals surface area (Å²) in [7, 11) is 0. The Morgan fingerprint density at radius 3 is 2.68 bits per heavy atom. The number of nitrogens with two attached hydrogens (primary N) is 1. The third kappa shape index (κ3) is 3.00.